The molecule has 30 heavy (non-hydrogen) atoms. The molecule has 1 aliphatic rings. The first-order valence-corrected chi connectivity index (χ1v) is 10.5. The summed E-state index contributed by atoms with van der Waals surface area (Å²) >= 11 is 1.36. The zero-order chi connectivity index (χ0) is 20.6. The number of rotatable bonds is 6. The summed E-state index contributed by atoms with van der Waals surface area (Å²) in [5.41, 5.74) is 3.58. The van der Waals surface area contributed by atoms with E-state index in [1.54, 1.807) is 19.7 Å². The minimum atomic E-state index is -0.0767. The Bertz CT molecular complexity index is 851. The van der Waals surface area contributed by atoms with Crippen LogP contribution in [0.15, 0.2) is 34.8 Å². The fourth-order valence-corrected chi connectivity index (χ4v) is 4.05. The number of carbonyl (C=O) groups excluding carboxylic acids is 1. The summed E-state index contributed by atoms with van der Waals surface area (Å²) in [4.78, 5) is 25.9. The number of methoxy groups -OCH3 is 1. The standard InChI is InChI=1S/C20H28N6O2S.HI/c1-15-18(29-14-24-15)19(27)22-8-9-23-20(21-2)26-12-10-25(11-13-26)16-6-4-5-7-17(16)28-3;/h4-7,14H,8-13H2,1-3H3,(H,21,23)(H,22,27);1H. The lowest BCUT2D eigenvalue weighted by Gasteiger charge is -2.38. The molecule has 0 aliphatic carbocycles. The average Bonchev–Trinajstić information content (AvgIpc) is 3.20. The number of anilines is 1. The van der Waals surface area contributed by atoms with Gasteiger partial charge in [0.05, 0.1) is 24.0 Å². The Morgan fingerprint density at radius 3 is 2.53 bits per heavy atom. The van der Waals surface area contributed by atoms with E-state index in [0.29, 0.717) is 18.0 Å². The van der Waals surface area contributed by atoms with Crippen LogP contribution in [0.4, 0.5) is 5.69 Å². The molecule has 1 aromatic carbocycles. The summed E-state index contributed by atoms with van der Waals surface area (Å²) in [5.74, 6) is 1.68. The van der Waals surface area contributed by atoms with Gasteiger partial charge in [-0.25, -0.2) is 4.98 Å². The second-order valence-corrected chi connectivity index (χ2v) is 7.50. The number of ether oxygens (including phenoxy) is 1. The maximum Gasteiger partial charge on any atom is 0.263 e. The van der Waals surface area contributed by atoms with Gasteiger partial charge in [-0.05, 0) is 19.1 Å². The first-order chi connectivity index (χ1) is 14.1. The van der Waals surface area contributed by atoms with Crippen molar-refractivity contribution in [2.45, 2.75) is 6.92 Å². The number of para-hydroxylation sites is 2. The van der Waals surface area contributed by atoms with Gasteiger partial charge in [-0.3, -0.25) is 9.79 Å². The molecule has 8 nitrogen and oxygen atoms in total. The molecule has 1 fully saturated rings. The molecule has 1 aliphatic heterocycles. The Kier molecular flexibility index (Phi) is 9.63. The molecule has 0 unspecified atom stereocenters. The average molecular weight is 544 g/mol. The van der Waals surface area contributed by atoms with Gasteiger partial charge in [0.25, 0.3) is 5.91 Å². The third-order valence-electron chi connectivity index (χ3n) is 4.86. The molecule has 2 aromatic rings. The van der Waals surface area contributed by atoms with Gasteiger partial charge in [0.2, 0.25) is 0 Å². The summed E-state index contributed by atoms with van der Waals surface area (Å²) in [6, 6.07) is 8.10. The van der Waals surface area contributed by atoms with E-state index in [1.807, 2.05) is 25.1 Å². The molecular formula is C20H29IN6O2S. The quantitative estimate of drug-likeness (QED) is 0.251. The topological polar surface area (TPSA) is 82.1 Å². The molecule has 0 spiro atoms. The van der Waals surface area contributed by atoms with E-state index >= 15 is 0 Å². The summed E-state index contributed by atoms with van der Waals surface area (Å²) in [6.07, 6.45) is 0. The van der Waals surface area contributed by atoms with Crippen LogP contribution < -0.4 is 20.3 Å². The number of nitrogens with zero attached hydrogens (tertiary/aromatic N) is 4. The number of aromatic nitrogens is 1. The maximum atomic E-state index is 12.1. The van der Waals surface area contributed by atoms with Gasteiger partial charge in [0.15, 0.2) is 5.96 Å². The van der Waals surface area contributed by atoms with Crippen LogP contribution in [0.25, 0.3) is 0 Å². The third kappa shape index (κ3) is 5.97. The number of benzene rings is 1. The number of hydrogen-bond acceptors (Lipinski definition) is 6. The summed E-state index contributed by atoms with van der Waals surface area (Å²) in [6.45, 7) is 6.49. The van der Waals surface area contributed by atoms with Crippen molar-refractivity contribution in [3.8, 4) is 5.75 Å². The van der Waals surface area contributed by atoms with Crippen molar-refractivity contribution >= 4 is 52.9 Å². The van der Waals surface area contributed by atoms with Crippen LogP contribution in [-0.2, 0) is 0 Å². The lowest BCUT2D eigenvalue weighted by atomic mass is 10.2. The second kappa shape index (κ2) is 11.9. The Hall–Kier alpha value is -2.08. The third-order valence-corrected chi connectivity index (χ3v) is 5.79. The van der Waals surface area contributed by atoms with Crippen LogP contribution in [0.1, 0.15) is 15.4 Å². The van der Waals surface area contributed by atoms with E-state index in [-0.39, 0.29) is 29.9 Å². The van der Waals surface area contributed by atoms with Gasteiger partial charge in [-0.2, -0.15) is 0 Å². The normalized spacial score (nSPS) is 14.2. The van der Waals surface area contributed by atoms with Gasteiger partial charge in [-0.15, -0.1) is 35.3 Å². The molecule has 2 heterocycles. The Labute approximate surface area is 198 Å². The molecule has 1 aromatic heterocycles. The molecule has 2 N–H and O–H groups in total. The smallest absolute Gasteiger partial charge is 0.263 e. The van der Waals surface area contributed by atoms with Crippen LogP contribution in [-0.4, -0.2) is 75.2 Å². The fraction of sp³-hybridized carbons (Fsp3) is 0.450. The van der Waals surface area contributed by atoms with Crippen molar-refractivity contribution in [3.63, 3.8) is 0 Å². The first-order valence-electron chi connectivity index (χ1n) is 9.66. The zero-order valence-corrected chi connectivity index (χ0v) is 20.7. The Balaban J connectivity index is 0.00000320. The van der Waals surface area contributed by atoms with Gasteiger partial charge in [0, 0.05) is 46.3 Å². The van der Waals surface area contributed by atoms with Crippen molar-refractivity contribution in [2.24, 2.45) is 4.99 Å². The van der Waals surface area contributed by atoms with Crippen molar-refractivity contribution in [1.29, 1.82) is 0 Å². The highest BCUT2D eigenvalue weighted by atomic mass is 127. The number of guanidine groups is 1. The molecular weight excluding hydrogens is 515 g/mol. The number of halogens is 1. The summed E-state index contributed by atoms with van der Waals surface area (Å²) < 4.78 is 5.48. The largest absolute Gasteiger partial charge is 0.495 e. The number of hydrogen-bond donors (Lipinski definition) is 2. The number of carbonyl (C=O) groups is 1. The molecule has 10 heteroatoms. The fourth-order valence-electron chi connectivity index (χ4n) is 3.33. The predicted octanol–water partition coefficient (Wildman–Crippen LogP) is 2.21. The summed E-state index contributed by atoms with van der Waals surface area (Å²) in [7, 11) is 3.49. The number of aliphatic imine (C=N–C) groups is 1. The molecule has 1 amide bonds. The van der Waals surface area contributed by atoms with E-state index in [1.165, 1.54) is 11.3 Å². The molecule has 0 radical (unpaired) electrons. The highest BCUT2D eigenvalue weighted by molar-refractivity contribution is 14.0. The molecule has 3 rings (SSSR count). The van der Waals surface area contributed by atoms with Gasteiger partial charge >= 0.3 is 0 Å². The van der Waals surface area contributed by atoms with Crippen LogP contribution in [0, 0.1) is 6.92 Å². The minimum Gasteiger partial charge on any atom is -0.495 e. The molecule has 0 bridgehead atoms. The number of piperazine rings is 1. The van der Waals surface area contributed by atoms with Crippen LogP contribution in [0.2, 0.25) is 0 Å². The lowest BCUT2D eigenvalue weighted by Crippen LogP contribution is -2.53. The second-order valence-electron chi connectivity index (χ2n) is 6.64. The Morgan fingerprint density at radius 1 is 1.20 bits per heavy atom. The van der Waals surface area contributed by atoms with Gasteiger partial charge in [-0.1, -0.05) is 12.1 Å². The Morgan fingerprint density at radius 2 is 1.90 bits per heavy atom. The van der Waals surface area contributed by atoms with Crippen LogP contribution in [0.5, 0.6) is 5.75 Å². The SMILES string of the molecule is CN=C(NCCNC(=O)c1scnc1C)N1CCN(c2ccccc2OC)CC1.I. The highest BCUT2D eigenvalue weighted by Gasteiger charge is 2.21. The summed E-state index contributed by atoms with van der Waals surface area (Å²) in [5, 5.41) is 6.26. The number of aryl methyl sites for hydroxylation is 1. The first kappa shape index (κ1) is 24.2. The van der Waals surface area contributed by atoms with Gasteiger partial charge in [0.1, 0.15) is 10.6 Å². The van der Waals surface area contributed by atoms with Crippen molar-refractivity contribution in [1.82, 2.24) is 20.5 Å². The molecule has 1 saturated heterocycles. The molecule has 164 valence electrons. The van der Waals surface area contributed by atoms with E-state index in [4.69, 9.17) is 4.74 Å². The van der Waals surface area contributed by atoms with Crippen molar-refractivity contribution in [2.75, 3.05) is 58.3 Å². The number of nitrogens with one attached hydrogen (secondary N) is 2. The number of thiazole rings is 1. The van der Waals surface area contributed by atoms with Crippen molar-refractivity contribution in [3.05, 3.63) is 40.3 Å². The predicted molar refractivity (Wildman–Crippen MR) is 133 cm³/mol. The maximum absolute atomic E-state index is 12.1. The van der Waals surface area contributed by atoms with E-state index in [9.17, 15) is 4.79 Å². The van der Waals surface area contributed by atoms with Crippen molar-refractivity contribution < 1.29 is 9.53 Å². The number of amides is 1. The highest BCUT2D eigenvalue weighted by Crippen LogP contribution is 2.28. The van der Waals surface area contributed by atoms with Crippen LogP contribution in [0.3, 0.4) is 0 Å². The van der Waals surface area contributed by atoms with E-state index in [2.05, 4.69) is 36.5 Å². The zero-order valence-electron chi connectivity index (χ0n) is 17.6. The van der Waals surface area contributed by atoms with Crippen LogP contribution >= 0.6 is 35.3 Å². The molecule has 0 saturated carbocycles. The monoisotopic (exact) mass is 544 g/mol. The molecule has 0 atom stereocenters. The van der Waals surface area contributed by atoms with Gasteiger partial charge < -0.3 is 25.2 Å². The van der Waals surface area contributed by atoms with E-state index < -0.39 is 0 Å². The lowest BCUT2D eigenvalue weighted by molar-refractivity contribution is 0.0957. The minimum absolute atomic E-state index is 0. The van der Waals surface area contributed by atoms with E-state index in [0.717, 1.165) is 49.3 Å².